The Bertz CT molecular complexity index is 905. The second-order valence-corrected chi connectivity index (χ2v) is 10.9. The minimum absolute atomic E-state index is 0.00798. The molecule has 5 unspecified atom stereocenters. The average molecular weight is 509 g/mol. The molecule has 1 heterocycles. The van der Waals surface area contributed by atoms with E-state index in [1.807, 2.05) is 13.8 Å². The Morgan fingerprint density at radius 3 is 2.30 bits per heavy atom. The Labute approximate surface area is 186 Å². The first-order chi connectivity index (χ1) is 14.9. The van der Waals surface area contributed by atoms with Gasteiger partial charge in [-0.15, -0.1) is 0 Å². The van der Waals surface area contributed by atoms with Crippen LogP contribution in [0.25, 0.3) is 0 Å². The maximum atomic E-state index is 13.5. The van der Waals surface area contributed by atoms with E-state index in [1.165, 1.54) is 0 Å². The average Bonchev–Trinajstić information content (AvgIpc) is 3.27. The fourth-order valence-corrected chi connectivity index (χ4v) is 6.80. The fourth-order valence-electron chi connectivity index (χ4n) is 5.90. The zero-order valence-corrected chi connectivity index (χ0v) is 18.7. The molecular formula is C19H25F6NO6S. The maximum Gasteiger partial charge on any atom is 0.438 e. The Hall–Kier alpha value is -1.57. The van der Waals surface area contributed by atoms with Crippen LogP contribution in [0.15, 0.2) is 0 Å². The molecule has 2 saturated carbocycles. The van der Waals surface area contributed by atoms with Gasteiger partial charge in [0, 0.05) is 18.5 Å². The number of likely N-dealkylation sites (tertiary alicyclic amines) is 1. The van der Waals surface area contributed by atoms with E-state index in [0.29, 0.717) is 25.8 Å². The van der Waals surface area contributed by atoms with Crippen LogP contribution in [0.1, 0.15) is 46.0 Å². The van der Waals surface area contributed by atoms with Crippen LogP contribution in [-0.4, -0.2) is 66.0 Å². The lowest BCUT2D eigenvalue weighted by Gasteiger charge is -2.38. The molecule has 3 rings (SSSR count). The summed E-state index contributed by atoms with van der Waals surface area (Å²) in [5.41, 5.74) is -6.58. The van der Waals surface area contributed by atoms with E-state index in [0.717, 1.165) is 0 Å². The highest BCUT2D eigenvalue weighted by molar-refractivity contribution is 7.85. The first-order valence-electron chi connectivity index (χ1n) is 10.5. The second-order valence-electron chi connectivity index (χ2n) is 9.45. The standard InChI is InChI=1S/C19H25F6NO6S/c1-3-10(2)26-8-12-11-4-5-16(6-11,14(12)15(26)28)7-13(27)32-17(18(20,21)22,19(23,24)25)9-33(29,30)31/h10-12,14H,3-9H2,1-2H3,(H,29,30,31). The predicted octanol–water partition coefficient (Wildman–Crippen LogP) is 3.34. The fraction of sp³-hybridized carbons (Fsp3) is 0.895. The Morgan fingerprint density at radius 2 is 1.82 bits per heavy atom. The van der Waals surface area contributed by atoms with Crippen molar-refractivity contribution < 1.29 is 53.6 Å². The van der Waals surface area contributed by atoms with Gasteiger partial charge in [0.05, 0.1) is 6.42 Å². The summed E-state index contributed by atoms with van der Waals surface area (Å²) < 4.78 is 116. The third kappa shape index (κ3) is 4.32. The van der Waals surface area contributed by atoms with Crippen LogP contribution in [0.5, 0.6) is 0 Å². The highest BCUT2D eigenvalue weighted by Gasteiger charge is 2.76. The summed E-state index contributed by atoms with van der Waals surface area (Å²) in [7, 11) is -5.85. The molecule has 0 spiro atoms. The zero-order chi connectivity index (χ0) is 25.2. The number of alkyl halides is 6. The summed E-state index contributed by atoms with van der Waals surface area (Å²) in [5, 5.41) is 0. The molecule has 2 aliphatic carbocycles. The smallest absolute Gasteiger partial charge is 0.438 e. The molecule has 1 aliphatic heterocycles. The molecule has 0 aromatic rings. The lowest BCUT2D eigenvalue weighted by Crippen LogP contribution is -2.63. The molecule has 7 nitrogen and oxygen atoms in total. The van der Waals surface area contributed by atoms with Gasteiger partial charge in [-0.1, -0.05) is 6.92 Å². The zero-order valence-electron chi connectivity index (χ0n) is 17.9. The monoisotopic (exact) mass is 509 g/mol. The van der Waals surface area contributed by atoms with E-state index in [4.69, 9.17) is 4.55 Å². The van der Waals surface area contributed by atoms with Crippen LogP contribution in [0, 0.1) is 23.2 Å². The van der Waals surface area contributed by atoms with Crippen molar-refractivity contribution in [3.8, 4) is 0 Å². The SMILES string of the molecule is CCC(C)N1CC2C3CCC(CC(=O)OC(CS(=O)(=O)O)(C(F)(F)F)C(F)(F)F)(C3)C2C1=O. The van der Waals surface area contributed by atoms with Gasteiger partial charge in [0.1, 0.15) is 5.75 Å². The van der Waals surface area contributed by atoms with Gasteiger partial charge in [0.2, 0.25) is 5.91 Å². The van der Waals surface area contributed by atoms with Crippen LogP contribution < -0.4 is 0 Å². The van der Waals surface area contributed by atoms with Crippen LogP contribution in [-0.2, 0) is 24.4 Å². The molecule has 1 amide bonds. The minimum atomic E-state index is -6.37. The summed E-state index contributed by atoms with van der Waals surface area (Å²) in [5.74, 6) is -5.97. The molecule has 0 aromatic heterocycles. The molecule has 1 N–H and O–H groups in total. The molecular weight excluding hydrogens is 484 g/mol. The second kappa shape index (κ2) is 7.99. The maximum absolute atomic E-state index is 13.5. The van der Waals surface area contributed by atoms with E-state index in [2.05, 4.69) is 4.74 Å². The third-order valence-electron chi connectivity index (χ3n) is 7.54. The molecule has 2 bridgehead atoms. The van der Waals surface area contributed by atoms with Gasteiger partial charge < -0.3 is 9.64 Å². The number of carbonyl (C=O) groups excluding carboxylic acids is 2. The number of carbonyl (C=O) groups is 2. The molecule has 33 heavy (non-hydrogen) atoms. The van der Waals surface area contributed by atoms with Crippen molar-refractivity contribution in [1.29, 1.82) is 0 Å². The molecule has 0 radical (unpaired) electrons. The highest BCUT2D eigenvalue weighted by Crippen LogP contribution is 2.65. The number of hydrogen-bond donors (Lipinski definition) is 1. The van der Waals surface area contributed by atoms with E-state index in [-0.39, 0.29) is 30.2 Å². The molecule has 3 aliphatic rings. The number of nitrogens with zero attached hydrogens (tertiary/aromatic N) is 1. The summed E-state index contributed by atoms with van der Waals surface area (Å²) in [4.78, 5) is 27.2. The number of esters is 1. The Morgan fingerprint density at radius 1 is 1.24 bits per heavy atom. The largest absolute Gasteiger partial charge is 0.438 e. The predicted molar refractivity (Wildman–Crippen MR) is 100 cm³/mol. The van der Waals surface area contributed by atoms with Crippen molar-refractivity contribution in [2.75, 3.05) is 12.3 Å². The van der Waals surface area contributed by atoms with Crippen LogP contribution in [0.4, 0.5) is 26.3 Å². The van der Waals surface area contributed by atoms with Gasteiger partial charge in [0.15, 0.2) is 0 Å². The third-order valence-corrected chi connectivity index (χ3v) is 8.31. The Kier molecular flexibility index (Phi) is 6.31. The van der Waals surface area contributed by atoms with E-state index in [9.17, 15) is 44.3 Å². The van der Waals surface area contributed by atoms with Gasteiger partial charge in [-0.3, -0.25) is 14.1 Å². The van der Waals surface area contributed by atoms with Crippen molar-refractivity contribution in [3.63, 3.8) is 0 Å². The lowest BCUT2D eigenvalue weighted by molar-refractivity contribution is -0.361. The molecule has 3 fully saturated rings. The van der Waals surface area contributed by atoms with Crippen molar-refractivity contribution in [3.05, 3.63) is 0 Å². The van der Waals surface area contributed by atoms with E-state index < -0.39 is 57.5 Å². The summed E-state index contributed by atoms with van der Waals surface area (Å²) in [6.45, 7) is 4.12. The van der Waals surface area contributed by atoms with Crippen molar-refractivity contribution >= 4 is 22.0 Å². The van der Waals surface area contributed by atoms with Crippen LogP contribution in [0.2, 0.25) is 0 Å². The summed E-state index contributed by atoms with van der Waals surface area (Å²) in [6, 6.07) is -0.107. The molecule has 5 atom stereocenters. The van der Waals surface area contributed by atoms with Gasteiger partial charge in [-0.25, -0.2) is 0 Å². The van der Waals surface area contributed by atoms with E-state index in [1.54, 1.807) is 4.90 Å². The number of fused-ring (bicyclic) bond motifs is 5. The number of hydrogen-bond acceptors (Lipinski definition) is 5. The normalized spacial score (nSPS) is 31.1. The number of rotatable bonds is 7. The Balaban J connectivity index is 1.90. The van der Waals surface area contributed by atoms with Gasteiger partial charge in [-0.2, -0.15) is 34.8 Å². The first-order valence-corrected chi connectivity index (χ1v) is 12.1. The van der Waals surface area contributed by atoms with Crippen LogP contribution >= 0.6 is 0 Å². The number of ether oxygens (including phenoxy) is 1. The number of amides is 1. The number of halogens is 6. The van der Waals surface area contributed by atoms with E-state index >= 15 is 0 Å². The van der Waals surface area contributed by atoms with Crippen molar-refractivity contribution in [2.24, 2.45) is 23.2 Å². The van der Waals surface area contributed by atoms with Crippen molar-refractivity contribution in [2.45, 2.75) is 69.9 Å². The molecule has 0 aromatic carbocycles. The molecule has 190 valence electrons. The quantitative estimate of drug-likeness (QED) is 0.321. The van der Waals surface area contributed by atoms with Gasteiger partial charge in [0.25, 0.3) is 10.1 Å². The highest BCUT2D eigenvalue weighted by atomic mass is 32.2. The minimum Gasteiger partial charge on any atom is -0.438 e. The topological polar surface area (TPSA) is 101 Å². The van der Waals surface area contributed by atoms with Gasteiger partial charge >= 0.3 is 23.9 Å². The van der Waals surface area contributed by atoms with Crippen LogP contribution in [0.3, 0.4) is 0 Å². The van der Waals surface area contributed by atoms with Gasteiger partial charge in [-0.05, 0) is 49.9 Å². The first kappa shape index (κ1) is 26.0. The molecule has 1 saturated heterocycles. The van der Waals surface area contributed by atoms with Crippen molar-refractivity contribution in [1.82, 2.24) is 4.90 Å². The molecule has 14 heteroatoms. The summed E-state index contributed by atoms with van der Waals surface area (Å²) >= 11 is 0. The lowest BCUT2D eigenvalue weighted by atomic mass is 9.69. The summed E-state index contributed by atoms with van der Waals surface area (Å²) in [6.07, 6.45) is -11.9.